The van der Waals surface area contributed by atoms with Crippen LogP contribution in [0.3, 0.4) is 0 Å². The van der Waals surface area contributed by atoms with Gasteiger partial charge >= 0.3 is 13.8 Å². The third-order valence-electron chi connectivity index (χ3n) is 11.5. The number of quaternary nitrogens is 1. The first kappa shape index (κ1) is 66.7. The lowest BCUT2D eigenvalue weighted by Crippen LogP contribution is -2.47. The average Bonchev–Trinajstić information content (AvgIpc) is 3.32. The Bertz CT molecular complexity index is 1570. The number of carbonyl (C=O) groups is 2. The van der Waals surface area contributed by atoms with E-state index in [1.54, 1.807) is 0 Å². The van der Waals surface area contributed by atoms with Gasteiger partial charge in [0.15, 0.2) is 0 Å². The fourth-order valence-corrected chi connectivity index (χ4v) is 8.01. The Labute approximate surface area is 430 Å². The number of phosphoric ester groups is 1. The maximum Gasteiger partial charge on any atom is 0.472 e. The number of likely N-dealkylation sites (N-methyl/N-ethyl adjacent to an activating group) is 1. The maximum absolute atomic E-state index is 13.4. The van der Waals surface area contributed by atoms with E-state index in [4.69, 9.17) is 13.8 Å². The van der Waals surface area contributed by atoms with Crippen molar-refractivity contribution < 1.29 is 37.3 Å². The molecule has 0 aromatic carbocycles. The van der Waals surface area contributed by atoms with Gasteiger partial charge in [-0.15, -0.1) is 0 Å². The standard InChI is InChI=1S/C60H103N2O7P/c1-7-10-13-16-19-22-25-28-30-32-34-37-40-43-46-49-52-59(63)61-57(56-68-70(65,66)67-55-54-62(4,5)6)58(51-48-45-42-39-36-33-27-24-21-18-15-12-9-3)69-60(64)53-50-47-44-41-38-35-31-29-26-23-20-17-14-11-8-2/h10-11,13-14,17,19-20,22-23,26,28,30,34,37,43,46,48,51,57-58H,7-9,12,15-16,18,21,24-25,27,29,31-33,35-36,38-42,44-45,47,49-50,52-56H2,1-6H3,(H-,61,63,65,66)/p+1/b13-10+,14-11+,20-17+,22-19+,26-23+,30-28+,37-34+,46-43+,51-48+. The maximum atomic E-state index is 13.4. The second kappa shape index (κ2) is 49.3. The van der Waals surface area contributed by atoms with Crippen molar-refractivity contribution in [1.82, 2.24) is 5.32 Å². The number of carbonyl (C=O) groups excluding carboxylic acids is 2. The molecule has 0 aliphatic heterocycles. The molecule has 2 N–H and O–H groups in total. The molecule has 400 valence electrons. The van der Waals surface area contributed by atoms with Crippen LogP contribution in [0, 0.1) is 0 Å². The SMILES string of the molecule is CC/C=C/C=C/C=C/CCCCCCCCCC(=O)OC(/C=C/CCCCCCCCCCCCC)C(COP(=O)(O)OCC[N+](C)(C)C)NC(=O)CC/C=C/C/C=C/C/C=C/C/C=C/C/C=C/CC. The number of hydrogen-bond acceptors (Lipinski definition) is 6. The molecule has 0 aliphatic rings. The van der Waals surface area contributed by atoms with Gasteiger partial charge in [-0.3, -0.25) is 18.6 Å². The number of hydrogen-bond donors (Lipinski definition) is 2. The van der Waals surface area contributed by atoms with Crippen LogP contribution in [0.25, 0.3) is 0 Å². The van der Waals surface area contributed by atoms with Crippen LogP contribution in [0.5, 0.6) is 0 Å². The second-order valence-electron chi connectivity index (χ2n) is 19.4. The van der Waals surface area contributed by atoms with Crippen molar-refractivity contribution in [3.63, 3.8) is 0 Å². The van der Waals surface area contributed by atoms with Crippen molar-refractivity contribution in [3.8, 4) is 0 Å². The largest absolute Gasteiger partial charge is 0.472 e. The molecule has 70 heavy (non-hydrogen) atoms. The molecule has 0 aromatic rings. The molecule has 0 saturated heterocycles. The van der Waals surface area contributed by atoms with Crippen LogP contribution < -0.4 is 5.32 Å². The van der Waals surface area contributed by atoms with E-state index in [1.165, 1.54) is 77.0 Å². The van der Waals surface area contributed by atoms with E-state index in [2.05, 4.69) is 111 Å². The lowest BCUT2D eigenvalue weighted by atomic mass is 10.0. The van der Waals surface area contributed by atoms with E-state index in [9.17, 15) is 19.0 Å². The molecule has 0 radical (unpaired) electrons. The minimum absolute atomic E-state index is 0.0193. The Balaban J connectivity index is 5.54. The van der Waals surface area contributed by atoms with Gasteiger partial charge in [-0.05, 0) is 83.1 Å². The number of allylic oxidation sites excluding steroid dienone is 17. The number of ether oxygens (including phenoxy) is 1. The Kier molecular flexibility index (Phi) is 46.9. The minimum atomic E-state index is -4.47. The zero-order valence-corrected chi connectivity index (χ0v) is 46.4. The van der Waals surface area contributed by atoms with Crippen molar-refractivity contribution in [1.29, 1.82) is 0 Å². The molecule has 0 spiro atoms. The first-order valence-electron chi connectivity index (χ1n) is 27.7. The second-order valence-corrected chi connectivity index (χ2v) is 20.9. The highest BCUT2D eigenvalue weighted by Crippen LogP contribution is 2.43. The van der Waals surface area contributed by atoms with E-state index < -0.39 is 20.0 Å². The van der Waals surface area contributed by atoms with E-state index in [0.29, 0.717) is 23.9 Å². The summed E-state index contributed by atoms with van der Waals surface area (Å²) in [5.74, 6) is -0.625. The smallest absolute Gasteiger partial charge is 0.456 e. The Morgan fingerprint density at radius 1 is 0.529 bits per heavy atom. The number of nitrogens with one attached hydrogen (secondary N) is 1. The molecular weight excluding hydrogens is 892 g/mol. The van der Waals surface area contributed by atoms with Crippen molar-refractivity contribution in [2.75, 3.05) is 40.9 Å². The summed E-state index contributed by atoms with van der Waals surface area (Å²) < 4.78 is 30.5. The summed E-state index contributed by atoms with van der Waals surface area (Å²) in [6.45, 7) is 6.68. The topological polar surface area (TPSA) is 111 Å². The van der Waals surface area contributed by atoms with Crippen LogP contribution in [0.2, 0.25) is 0 Å². The molecule has 0 bridgehead atoms. The van der Waals surface area contributed by atoms with E-state index in [0.717, 1.165) is 83.5 Å². The third kappa shape index (κ3) is 49.6. The number of phosphoric acid groups is 1. The Morgan fingerprint density at radius 3 is 1.53 bits per heavy atom. The molecule has 0 saturated carbocycles. The summed E-state index contributed by atoms with van der Waals surface area (Å²) in [5.41, 5.74) is 0. The molecule has 0 heterocycles. The zero-order chi connectivity index (χ0) is 51.5. The van der Waals surface area contributed by atoms with Gasteiger partial charge in [-0.1, -0.05) is 220 Å². The highest BCUT2D eigenvalue weighted by atomic mass is 31.2. The highest BCUT2D eigenvalue weighted by molar-refractivity contribution is 7.47. The van der Waals surface area contributed by atoms with Crippen molar-refractivity contribution in [3.05, 3.63) is 109 Å². The number of esters is 1. The van der Waals surface area contributed by atoms with Gasteiger partial charge in [0, 0.05) is 12.8 Å². The quantitative estimate of drug-likeness (QED) is 0.0156. The lowest BCUT2D eigenvalue weighted by Gasteiger charge is -2.27. The summed E-state index contributed by atoms with van der Waals surface area (Å²) in [4.78, 5) is 37.5. The van der Waals surface area contributed by atoms with Gasteiger partial charge < -0.3 is 19.4 Å². The molecule has 10 heteroatoms. The van der Waals surface area contributed by atoms with Crippen molar-refractivity contribution >= 4 is 19.7 Å². The van der Waals surface area contributed by atoms with Crippen LogP contribution in [0.1, 0.15) is 207 Å². The van der Waals surface area contributed by atoms with Crippen LogP contribution in [0.15, 0.2) is 109 Å². The number of amides is 1. The van der Waals surface area contributed by atoms with E-state index >= 15 is 0 Å². The fourth-order valence-electron chi connectivity index (χ4n) is 7.28. The summed E-state index contributed by atoms with van der Waals surface area (Å²) in [6, 6.07) is -0.899. The monoisotopic (exact) mass is 996 g/mol. The van der Waals surface area contributed by atoms with Gasteiger partial charge in [0.05, 0.1) is 33.8 Å². The predicted molar refractivity (Wildman–Crippen MR) is 300 cm³/mol. The molecule has 0 fully saturated rings. The van der Waals surface area contributed by atoms with Crippen molar-refractivity contribution in [2.45, 2.75) is 219 Å². The van der Waals surface area contributed by atoms with Crippen LogP contribution in [-0.4, -0.2) is 74.3 Å². The van der Waals surface area contributed by atoms with Crippen molar-refractivity contribution in [2.24, 2.45) is 0 Å². The van der Waals surface area contributed by atoms with Crippen LogP contribution in [0.4, 0.5) is 0 Å². The average molecular weight is 996 g/mol. The normalized spacial score (nSPS) is 14.7. The summed E-state index contributed by atoms with van der Waals surface area (Å²) in [6.07, 6.45) is 66.7. The molecule has 0 rings (SSSR count). The number of nitrogens with zero attached hydrogens (tertiary/aromatic N) is 1. The molecular formula is C60H104N2O7P+. The Morgan fingerprint density at radius 2 is 1.00 bits per heavy atom. The zero-order valence-electron chi connectivity index (χ0n) is 45.5. The molecule has 0 aromatic heterocycles. The summed E-state index contributed by atoms with van der Waals surface area (Å²) in [7, 11) is 1.43. The van der Waals surface area contributed by atoms with Gasteiger partial charge in [0.1, 0.15) is 19.3 Å². The third-order valence-corrected chi connectivity index (χ3v) is 12.5. The van der Waals surface area contributed by atoms with E-state index in [-0.39, 0.29) is 37.9 Å². The summed E-state index contributed by atoms with van der Waals surface area (Å²) in [5, 5.41) is 2.99. The molecule has 3 unspecified atom stereocenters. The molecule has 3 atom stereocenters. The number of unbranched alkanes of at least 4 members (excludes halogenated alkanes) is 18. The molecule has 0 aliphatic carbocycles. The van der Waals surface area contributed by atoms with Gasteiger partial charge in [0.2, 0.25) is 5.91 Å². The summed E-state index contributed by atoms with van der Waals surface area (Å²) >= 11 is 0. The van der Waals surface area contributed by atoms with Gasteiger partial charge in [-0.2, -0.15) is 0 Å². The molecule has 1 amide bonds. The fraction of sp³-hybridized carbons (Fsp3) is 0.667. The highest BCUT2D eigenvalue weighted by Gasteiger charge is 2.30. The molecule has 9 nitrogen and oxygen atoms in total. The van der Waals surface area contributed by atoms with Crippen LogP contribution >= 0.6 is 7.82 Å². The Hall–Kier alpha value is -3.33. The predicted octanol–water partition coefficient (Wildman–Crippen LogP) is 16.6. The van der Waals surface area contributed by atoms with Gasteiger partial charge in [0.25, 0.3) is 0 Å². The first-order valence-corrected chi connectivity index (χ1v) is 29.2. The minimum Gasteiger partial charge on any atom is -0.456 e. The first-order chi connectivity index (χ1) is 33.9. The van der Waals surface area contributed by atoms with Crippen LogP contribution in [-0.2, 0) is 27.9 Å². The lowest BCUT2D eigenvalue weighted by molar-refractivity contribution is -0.870. The van der Waals surface area contributed by atoms with E-state index in [1.807, 2.05) is 45.4 Å². The number of rotatable bonds is 48. The van der Waals surface area contributed by atoms with Gasteiger partial charge in [-0.25, -0.2) is 4.57 Å².